The summed E-state index contributed by atoms with van der Waals surface area (Å²) in [6.45, 7) is 6.82. The maximum Gasteiger partial charge on any atom is 0.415 e. The third-order valence-electron chi connectivity index (χ3n) is 6.19. The highest BCUT2D eigenvalue weighted by atomic mass is 16.6. The second-order valence-corrected chi connectivity index (χ2v) is 8.56. The molecule has 1 heterocycles. The predicted octanol–water partition coefficient (Wildman–Crippen LogP) is 6.86. The van der Waals surface area contributed by atoms with Crippen molar-refractivity contribution in [2.24, 2.45) is 0 Å². The molecule has 0 spiro atoms. The Morgan fingerprint density at radius 2 is 1.59 bits per heavy atom. The second kappa shape index (κ2) is 12.1. The van der Waals surface area contributed by atoms with Gasteiger partial charge in [-0.25, -0.2) is 9.78 Å². The minimum atomic E-state index is -0.404. The van der Waals surface area contributed by atoms with Gasteiger partial charge in [-0.3, -0.25) is 0 Å². The molecule has 4 aromatic rings. The molecule has 0 aliphatic rings. The van der Waals surface area contributed by atoms with Gasteiger partial charge in [-0.15, -0.1) is 0 Å². The van der Waals surface area contributed by atoms with Crippen LogP contribution in [0.2, 0.25) is 0 Å². The molecule has 4 rings (SSSR count). The number of amides is 1. The molecule has 7 heteroatoms. The number of carbonyl (C=O) groups excluding carboxylic acids is 1. The molecule has 0 unspecified atom stereocenters. The van der Waals surface area contributed by atoms with Gasteiger partial charge in [-0.05, 0) is 74.9 Å². The summed E-state index contributed by atoms with van der Waals surface area (Å²) in [7, 11) is 1.59. The van der Waals surface area contributed by atoms with Crippen LogP contribution in [0.3, 0.4) is 0 Å². The van der Waals surface area contributed by atoms with Gasteiger partial charge < -0.3 is 23.5 Å². The van der Waals surface area contributed by atoms with E-state index in [4.69, 9.17) is 18.6 Å². The number of hydrogen-bond acceptors (Lipinski definition) is 6. The van der Waals surface area contributed by atoms with Crippen LogP contribution in [-0.4, -0.2) is 36.2 Å². The van der Waals surface area contributed by atoms with Crippen molar-refractivity contribution in [2.45, 2.75) is 33.2 Å². The molecule has 3 aromatic carbocycles. The van der Waals surface area contributed by atoms with Crippen molar-refractivity contribution in [3.05, 3.63) is 95.9 Å². The number of hydrogen-bond donors (Lipinski definition) is 0. The van der Waals surface area contributed by atoms with E-state index in [9.17, 15) is 4.79 Å². The van der Waals surface area contributed by atoms with Gasteiger partial charge in [-0.1, -0.05) is 30.3 Å². The lowest BCUT2D eigenvalue weighted by molar-refractivity contribution is 0.138. The molecule has 0 saturated carbocycles. The van der Waals surface area contributed by atoms with E-state index in [1.807, 2.05) is 75.4 Å². The van der Waals surface area contributed by atoms with E-state index in [2.05, 4.69) is 4.98 Å². The first kappa shape index (κ1) is 25.8. The summed E-state index contributed by atoms with van der Waals surface area (Å²) in [5, 5.41) is 0. The zero-order valence-electron chi connectivity index (χ0n) is 21.6. The minimum Gasteiger partial charge on any atom is -0.497 e. The van der Waals surface area contributed by atoms with Crippen LogP contribution in [0.4, 0.5) is 4.79 Å². The Morgan fingerprint density at radius 1 is 0.946 bits per heavy atom. The number of oxazole rings is 1. The molecule has 0 saturated heterocycles. The number of aryl methyl sites for hydroxylation is 1. The van der Waals surface area contributed by atoms with Gasteiger partial charge in [0.05, 0.1) is 25.5 Å². The molecule has 1 aromatic heterocycles. The molecule has 0 radical (unpaired) electrons. The molecule has 192 valence electrons. The van der Waals surface area contributed by atoms with E-state index in [1.54, 1.807) is 36.3 Å². The number of nitrogens with zero attached hydrogens (tertiary/aromatic N) is 2. The van der Waals surface area contributed by atoms with Gasteiger partial charge in [0.15, 0.2) is 0 Å². The lowest BCUT2D eigenvalue weighted by Crippen LogP contribution is -2.35. The van der Waals surface area contributed by atoms with Gasteiger partial charge in [-0.2, -0.15) is 0 Å². The molecular formula is C30H32N2O5. The number of benzene rings is 3. The number of aromatic nitrogens is 1. The first-order valence-corrected chi connectivity index (χ1v) is 12.4. The fourth-order valence-electron chi connectivity index (χ4n) is 4.02. The average molecular weight is 501 g/mol. The van der Waals surface area contributed by atoms with Crippen LogP contribution in [0.15, 0.2) is 83.3 Å². The molecule has 0 fully saturated rings. The molecule has 0 bridgehead atoms. The Hall–Kier alpha value is -4.26. The van der Waals surface area contributed by atoms with Crippen LogP contribution >= 0.6 is 0 Å². The number of methoxy groups -OCH3 is 1. The van der Waals surface area contributed by atoms with Gasteiger partial charge in [0.2, 0.25) is 5.89 Å². The number of ether oxygens (including phenoxy) is 3. The van der Waals surface area contributed by atoms with Crippen molar-refractivity contribution in [3.63, 3.8) is 0 Å². The summed E-state index contributed by atoms with van der Waals surface area (Å²) in [5.74, 6) is 3.35. The summed E-state index contributed by atoms with van der Waals surface area (Å²) in [5.41, 5.74) is 2.83. The minimum absolute atomic E-state index is 0.168. The van der Waals surface area contributed by atoms with Crippen LogP contribution < -0.4 is 14.2 Å². The average Bonchev–Trinajstić information content (AvgIpc) is 3.30. The van der Waals surface area contributed by atoms with Crippen LogP contribution in [0, 0.1) is 6.92 Å². The molecule has 0 N–H and O–H groups in total. The molecule has 37 heavy (non-hydrogen) atoms. The fraction of sp³-hybridized carbons (Fsp3) is 0.267. The van der Waals surface area contributed by atoms with E-state index in [0.717, 1.165) is 28.3 Å². The number of carbonyl (C=O) groups is 1. The lowest BCUT2D eigenvalue weighted by atomic mass is 10.1. The van der Waals surface area contributed by atoms with Crippen molar-refractivity contribution in [3.8, 4) is 28.7 Å². The Bertz CT molecular complexity index is 1280. The summed E-state index contributed by atoms with van der Waals surface area (Å²) in [6, 6.07) is 24.4. The fourth-order valence-corrected chi connectivity index (χ4v) is 4.02. The van der Waals surface area contributed by atoms with Gasteiger partial charge in [0, 0.05) is 18.5 Å². The normalized spacial score (nSPS) is 11.6. The van der Waals surface area contributed by atoms with Crippen molar-refractivity contribution in [2.75, 3.05) is 20.3 Å². The largest absolute Gasteiger partial charge is 0.497 e. The summed E-state index contributed by atoms with van der Waals surface area (Å²) in [6.07, 6.45) is 0.236. The summed E-state index contributed by atoms with van der Waals surface area (Å²) in [4.78, 5) is 19.1. The van der Waals surface area contributed by atoms with E-state index in [-0.39, 0.29) is 6.04 Å². The van der Waals surface area contributed by atoms with Crippen molar-refractivity contribution in [1.82, 2.24) is 9.88 Å². The summed E-state index contributed by atoms with van der Waals surface area (Å²) >= 11 is 0. The van der Waals surface area contributed by atoms with Crippen LogP contribution in [0.5, 0.6) is 17.2 Å². The third kappa shape index (κ3) is 6.50. The maximum atomic E-state index is 12.8. The maximum absolute atomic E-state index is 12.8. The first-order valence-electron chi connectivity index (χ1n) is 12.4. The standard InChI is InChI=1S/C30H32N2O5/c1-5-32(30(33)37-27-17-15-25(34-4)16-18-27)21(2)23-11-13-26(14-12-23)35-20-19-28-22(3)36-29(31-28)24-9-7-6-8-10-24/h6-18,21H,5,19-20H2,1-4H3/t21-/m0/s1. The smallest absolute Gasteiger partial charge is 0.415 e. The molecule has 0 aliphatic carbocycles. The second-order valence-electron chi connectivity index (χ2n) is 8.56. The van der Waals surface area contributed by atoms with Gasteiger partial charge in [0.25, 0.3) is 0 Å². The Labute approximate surface area is 217 Å². The quantitative estimate of drug-likeness (QED) is 0.237. The van der Waals surface area contributed by atoms with Gasteiger partial charge in [0.1, 0.15) is 23.0 Å². The lowest BCUT2D eigenvalue weighted by Gasteiger charge is -2.27. The molecule has 1 atom stereocenters. The molecular weight excluding hydrogens is 468 g/mol. The van der Waals surface area contributed by atoms with Crippen LogP contribution in [0.1, 0.15) is 36.9 Å². The zero-order chi connectivity index (χ0) is 26.2. The van der Waals surface area contributed by atoms with E-state index >= 15 is 0 Å². The Balaban J connectivity index is 1.31. The third-order valence-corrected chi connectivity index (χ3v) is 6.19. The SMILES string of the molecule is CCN(C(=O)Oc1ccc(OC)cc1)[C@@H](C)c1ccc(OCCc2nc(-c3ccccc3)oc2C)cc1. The van der Waals surface area contributed by atoms with Crippen LogP contribution in [-0.2, 0) is 6.42 Å². The summed E-state index contributed by atoms with van der Waals surface area (Å²) < 4.78 is 22.5. The van der Waals surface area contributed by atoms with Crippen molar-refractivity contribution >= 4 is 6.09 Å². The Kier molecular flexibility index (Phi) is 8.46. The zero-order valence-corrected chi connectivity index (χ0v) is 21.6. The van der Waals surface area contributed by atoms with E-state index in [1.165, 1.54) is 0 Å². The highest BCUT2D eigenvalue weighted by molar-refractivity contribution is 5.71. The Morgan fingerprint density at radius 3 is 2.24 bits per heavy atom. The van der Waals surface area contributed by atoms with Crippen molar-refractivity contribution < 1.29 is 23.4 Å². The van der Waals surface area contributed by atoms with E-state index < -0.39 is 6.09 Å². The highest BCUT2D eigenvalue weighted by Crippen LogP contribution is 2.26. The van der Waals surface area contributed by atoms with E-state index in [0.29, 0.717) is 37.0 Å². The first-order chi connectivity index (χ1) is 18.0. The highest BCUT2D eigenvalue weighted by Gasteiger charge is 2.22. The molecule has 1 amide bonds. The van der Waals surface area contributed by atoms with Crippen LogP contribution in [0.25, 0.3) is 11.5 Å². The molecule has 0 aliphatic heterocycles. The van der Waals surface area contributed by atoms with Crippen molar-refractivity contribution in [1.29, 1.82) is 0 Å². The predicted molar refractivity (Wildman–Crippen MR) is 142 cm³/mol. The topological polar surface area (TPSA) is 74.0 Å². The molecule has 7 nitrogen and oxygen atoms in total. The monoisotopic (exact) mass is 500 g/mol. The van der Waals surface area contributed by atoms with Gasteiger partial charge >= 0.3 is 6.09 Å². The number of rotatable bonds is 10.